The van der Waals surface area contributed by atoms with E-state index >= 15 is 0 Å². The van der Waals surface area contributed by atoms with Crippen LogP contribution in [0.4, 0.5) is 0 Å². The maximum Gasteiger partial charge on any atom is 0.307 e. The molecule has 0 bridgehead atoms. The van der Waals surface area contributed by atoms with Crippen LogP contribution in [0.15, 0.2) is 18.2 Å². The fourth-order valence-corrected chi connectivity index (χ4v) is 2.33. The Morgan fingerprint density at radius 1 is 1.32 bits per heavy atom. The van der Waals surface area contributed by atoms with Crippen LogP contribution < -0.4 is 0 Å². The van der Waals surface area contributed by atoms with E-state index in [0.29, 0.717) is 13.0 Å². The molecule has 0 radical (unpaired) electrons. The summed E-state index contributed by atoms with van der Waals surface area (Å²) >= 11 is 0. The van der Waals surface area contributed by atoms with Crippen molar-refractivity contribution in [1.29, 1.82) is 0 Å². The first-order valence-electron chi connectivity index (χ1n) is 6.44. The van der Waals surface area contributed by atoms with E-state index < -0.39 is 11.9 Å². The molecule has 102 valence electrons. The Hall–Kier alpha value is -1.84. The van der Waals surface area contributed by atoms with Gasteiger partial charge in [0.2, 0.25) is 5.91 Å². The highest BCUT2D eigenvalue weighted by Crippen LogP contribution is 2.40. The number of aryl methyl sites for hydroxylation is 2. The van der Waals surface area contributed by atoms with Gasteiger partial charge in [-0.25, -0.2) is 0 Å². The largest absolute Gasteiger partial charge is 0.481 e. The molecule has 1 aromatic carbocycles. The molecule has 0 saturated heterocycles. The number of nitrogens with zero attached hydrogens (tertiary/aromatic N) is 1. The lowest BCUT2D eigenvalue weighted by Gasteiger charge is -2.19. The summed E-state index contributed by atoms with van der Waals surface area (Å²) in [6.07, 6.45) is 0.477. The smallest absolute Gasteiger partial charge is 0.307 e. The lowest BCUT2D eigenvalue weighted by molar-refractivity contribution is -0.141. The van der Waals surface area contributed by atoms with Gasteiger partial charge in [-0.1, -0.05) is 23.8 Å². The quantitative estimate of drug-likeness (QED) is 0.901. The Bertz CT molecular complexity index is 524. The van der Waals surface area contributed by atoms with Gasteiger partial charge in [-0.15, -0.1) is 0 Å². The van der Waals surface area contributed by atoms with Crippen LogP contribution in [-0.2, 0) is 16.1 Å². The number of carboxylic acid groups (broad SMARTS) is 1. The van der Waals surface area contributed by atoms with Crippen molar-refractivity contribution >= 4 is 11.9 Å². The van der Waals surface area contributed by atoms with Gasteiger partial charge in [-0.2, -0.15) is 0 Å². The van der Waals surface area contributed by atoms with Crippen molar-refractivity contribution in [2.45, 2.75) is 26.8 Å². The summed E-state index contributed by atoms with van der Waals surface area (Å²) in [5.41, 5.74) is 3.43. The molecule has 0 heterocycles. The molecule has 1 amide bonds. The molecular formula is C15H19NO3. The number of benzene rings is 1. The second-order valence-corrected chi connectivity index (χ2v) is 5.41. The van der Waals surface area contributed by atoms with Crippen LogP contribution in [0, 0.1) is 25.7 Å². The van der Waals surface area contributed by atoms with Crippen molar-refractivity contribution in [2.75, 3.05) is 7.05 Å². The number of hydrogen-bond acceptors (Lipinski definition) is 2. The van der Waals surface area contributed by atoms with Gasteiger partial charge in [0.15, 0.2) is 0 Å². The van der Waals surface area contributed by atoms with E-state index in [-0.39, 0.29) is 11.8 Å². The van der Waals surface area contributed by atoms with Crippen LogP contribution in [0.1, 0.15) is 23.1 Å². The maximum atomic E-state index is 12.1. The van der Waals surface area contributed by atoms with Gasteiger partial charge < -0.3 is 10.0 Å². The predicted molar refractivity (Wildman–Crippen MR) is 71.6 cm³/mol. The number of carbonyl (C=O) groups is 2. The van der Waals surface area contributed by atoms with Crippen molar-refractivity contribution in [3.63, 3.8) is 0 Å². The Kier molecular flexibility index (Phi) is 3.60. The number of carbonyl (C=O) groups excluding carboxylic acids is 1. The number of carboxylic acids is 1. The number of aliphatic carboxylic acids is 1. The monoisotopic (exact) mass is 261 g/mol. The van der Waals surface area contributed by atoms with E-state index in [1.165, 1.54) is 0 Å². The van der Waals surface area contributed by atoms with E-state index in [4.69, 9.17) is 5.11 Å². The van der Waals surface area contributed by atoms with Crippen molar-refractivity contribution in [3.8, 4) is 0 Å². The van der Waals surface area contributed by atoms with E-state index in [1.54, 1.807) is 11.9 Å². The first-order chi connectivity index (χ1) is 8.90. The molecule has 1 aliphatic rings. The molecule has 2 rings (SSSR count). The molecule has 0 aromatic heterocycles. The highest BCUT2D eigenvalue weighted by Gasteiger charge is 2.49. The first-order valence-corrected chi connectivity index (χ1v) is 6.44. The fourth-order valence-electron chi connectivity index (χ4n) is 2.33. The van der Waals surface area contributed by atoms with Crippen LogP contribution in [0.3, 0.4) is 0 Å². The minimum absolute atomic E-state index is 0.0618. The van der Waals surface area contributed by atoms with Gasteiger partial charge in [-0.3, -0.25) is 9.59 Å². The van der Waals surface area contributed by atoms with Crippen LogP contribution in [0.25, 0.3) is 0 Å². The third kappa shape index (κ3) is 2.95. The van der Waals surface area contributed by atoms with E-state index in [2.05, 4.69) is 6.07 Å². The summed E-state index contributed by atoms with van der Waals surface area (Å²) in [6, 6.07) is 6.16. The summed E-state index contributed by atoms with van der Waals surface area (Å²) in [4.78, 5) is 24.5. The Labute approximate surface area is 113 Å². The summed E-state index contributed by atoms with van der Waals surface area (Å²) < 4.78 is 0. The number of amides is 1. The second-order valence-electron chi connectivity index (χ2n) is 5.41. The molecule has 2 atom stereocenters. The normalized spacial score (nSPS) is 21.0. The molecule has 4 nitrogen and oxygen atoms in total. The van der Waals surface area contributed by atoms with Crippen LogP contribution >= 0.6 is 0 Å². The second kappa shape index (κ2) is 5.03. The van der Waals surface area contributed by atoms with Gasteiger partial charge in [0, 0.05) is 13.6 Å². The molecule has 0 spiro atoms. The van der Waals surface area contributed by atoms with Crippen molar-refractivity contribution in [1.82, 2.24) is 4.90 Å². The molecule has 1 N–H and O–H groups in total. The van der Waals surface area contributed by atoms with E-state index in [0.717, 1.165) is 16.7 Å². The molecule has 1 fully saturated rings. The summed E-state index contributed by atoms with van der Waals surface area (Å²) in [7, 11) is 1.74. The summed E-state index contributed by atoms with van der Waals surface area (Å²) in [5, 5.41) is 8.85. The molecular weight excluding hydrogens is 242 g/mol. The Morgan fingerprint density at radius 2 is 2.00 bits per heavy atom. The molecule has 1 saturated carbocycles. The fraction of sp³-hybridized carbons (Fsp3) is 0.467. The zero-order valence-electron chi connectivity index (χ0n) is 11.5. The lowest BCUT2D eigenvalue weighted by atomic mass is 10.1. The minimum atomic E-state index is -0.863. The molecule has 0 aliphatic heterocycles. The van der Waals surface area contributed by atoms with Gasteiger partial charge in [-0.05, 0) is 31.4 Å². The highest BCUT2D eigenvalue weighted by atomic mass is 16.4. The zero-order valence-corrected chi connectivity index (χ0v) is 11.5. The minimum Gasteiger partial charge on any atom is -0.481 e. The van der Waals surface area contributed by atoms with Crippen LogP contribution in [0.5, 0.6) is 0 Å². The van der Waals surface area contributed by atoms with Gasteiger partial charge in [0.25, 0.3) is 0 Å². The van der Waals surface area contributed by atoms with Crippen LogP contribution in [-0.4, -0.2) is 28.9 Å². The van der Waals surface area contributed by atoms with Crippen molar-refractivity contribution < 1.29 is 14.7 Å². The molecule has 19 heavy (non-hydrogen) atoms. The average molecular weight is 261 g/mol. The van der Waals surface area contributed by atoms with E-state index in [9.17, 15) is 9.59 Å². The molecule has 1 aliphatic carbocycles. The maximum absolute atomic E-state index is 12.1. The van der Waals surface area contributed by atoms with Crippen molar-refractivity contribution in [2.24, 2.45) is 11.8 Å². The highest BCUT2D eigenvalue weighted by molar-refractivity contribution is 5.89. The third-order valence-electron chi connectivity index (χ3n) is 3.71. The summed E-state index contributed by atoms with van der Waals surface area (Å²) in [6.45, 7) is 4.57. The Balaban J connectivity index is 2.01. The number of rotatable bonds is 4. The average Bonchev–Trinajstić information content (AvgIpc) is 3.13. The summed E-state index contributed by atoms with van der Waals surface area (Å²) in [5.74, 6) is -1.73. The van der Waals surface area contributed by atoms with Gasteiger partial charge >= 0.3 is 5.97 Å². The van der Waals surface area contributed by atoms with Gasteiger partial charge in [0.05, 0.1) is 11.8 Å². The SMILES string of the molecule is Cc1ccc(C)c(CN(C)C(=O)C2CC2C(=O)O)c1. The standard InChI is InChI=1S/C15H19NO3/c1-9-4-5-10(2)11(6-9)8-16(3)14(17)12-7-13(12)15(18)19/h4-6,12-13H,7-8H2,1-3H3,(H,18,19). The lowest BCUT2D eigenvalue weighted by Crippen LogP contribution is -2.29. The van der Waals surface area contributed by atoms with Crippen LogP contribution in [0.2, 0.25) is 0 Å². The first kappa shape index (κ1) is 13.6. The van der Waals surface area contributed by atoms with Crippen molar-refractivity contribution in [3.05, 3.63) is 34.9 Å². The zero-order chi connectivity index (χ0) is 14.2. The number of hydrogen-bond donors (Lipinski definition) is 1. The molecule has 2 unspecified atom stereocenters. The topological polar surface area (TPSA) is 57.6 Å². The Morgan fingerprint density at radius 3 is 2.58 bits per heavy atom. The molecule has 4 heteroatoms. The van der Waals surface area contributed by atoms with Gasteiger partial charge in [0.1, 0.15) is 0 Å². The third-order valence-corrected chi connectivity index (χ3v) is 3.71. The predicted octanol–water partition coefficient (Wildman–Crippen LogP) is 1.98. The van der Waals surface area contributed by atoms with E-state index in [1.807, 2.05) is 26.0 Å². The molecule has 1 aromatic rings.